The van der Waals surface area contributed by atoms with Crippen LogP contribution in [-0.4, -0.2) is 45.5 Å². The van der Waals surface area contributed by atoms with E-state index in [0.717, 1.165) is 5.69 Å². The molecule has 0 amide bonds. The average molecular weight is 445 g/mol. The van der Waals surface area contributed by atoms with Gasteiger partial charge in [0.05, 0.1) is 49.7 Å². The predicted molar refractivity (Wildman–Crippen MR) is 115 cm³/mol. The Morgan fingerprint density at radius 3 is 2.19 bits per heavy atom. The van der Waals surface area contributed by atoms with E-state index in [0.29, 0.717) is 11.4 Å². The van der Waals surface area contributed by atoms with Crippen LogP contribution in [0.15, 0.2) is 47.4 Å². The number of anilines is 1. The third kappa shape index (κ3) is 4.19. The highest BCUT2D eigenvalue weighted by Crippen LogP contribution is 2.35. The molecular weight excluding hydrogens is 422 g/mol. The average Bonchev–Trinajstić information content (AvgIpc) is 3.07. The van der Waals surface area contributed by atoms with Gasteiger partial charge in [-0.15, -0.1) is 0 Å². The summed E-state index contributed by atoms with van der Waals surface area (Å²) >= 11 is 0. The number of para-hydroxylation sites is 1. The van der Waals surface area contributed by atoms with E-state index < -0.39 is 16.0 Å². The van der Waals surface area contributed by atoms with Crippen molar-refractivity contribution in [1.82, 2.24) is 9.78 Å². The number of benzene rings is 2. The molecule has 0 aliphatic carbocycles. The van der Waals surface area contributed by atoms with Gasteiger partial charge in [0.25, 0.3) is 10.0 Å². The van der Waals surface area contributed by atoms with Crippen LogP contribution >= 0.6 is 0 Å². The molecule has 0 radical (unpaired) electrons. The highest BCUT2D eigenvalue weighted by molar-refractivity contribution is 7.92. The van der Waals surface area contributed by atoms with Gasteiger partial charge in [-0.05, 0) is 26.0 Å². The molecule has 1 heterocycles. The Kier molecular flexibility index (Phi) is 6.21. The first-order chi connectivity index (χ1) is 14.7. The van der Waals surface area contributed by atoms with Crippen molar-refractivity contribution in [1.29, 1.82) is 0 Å². The van der Waals surface area contributed by atoms with Crippen LogP contribution in [0, 0.1) is 13.8 Å². The maximum atomic E-state index is 13.3. The molecule has 2 aromatic carbocycles. The number of hydrogen-bond donors (Lipinski definition) is 1. The largest absolute Gasteiger partial charge is 0.493 e. The van der Waals surface area contributed by atoms with E-state index in [2.05, 4.69) is 9.82 Å². The summed E-state index contributed by atoms with van der Waals surface area (Å²) in [5.41, 5.74) is 1.45. The van der Waals surface area contributed by atoms with E-state index in [-0.39, 0.29) is 27.6 Å². The molecule has 1 N–H and O–H groups in total. The van der Waals surface area contributed by atoms with Crippen molar-refractivity contribution in [2.24, 2.45) is 0 Å². The number of ether oxygens (including phenoxy) is 3. The molecule has 10 heteroatoms. The predicted octanol–water partition coefficient (Wildman–Crippen LogP) is 3.09. The van der Waals surface area contributed by atoms with E-state index in [1.165, 1.54) is 33.5 Å². The van der Waals surface area contributed by atoms with Crippen molar-refractivity contribution < 1.29 is 27.4 Å². The Hall–Kier alpha value is -3.53. The maximum absolute atomic E-state index is 13.3. The van der Waals surface area contributed by atoms with Gasteiger partial charge in [0.2, 0.25) is 0 Å². The normalized spacial score (nSPS) is 11.1. The summed E-state index contributed by atoms with van der Waals surface area (Å²) in [4.78, 5) is 12.3. The zero-order valence-electron chi connectivity index (χ0n) is 17.8. The lowest BCUT2D eigenvalue weighted by Crippen LogP contribution is -2.18. The van der Waals surface area contributed by atoms with Crippen molar-refractivity contribution in [2.45, 2.75) is 18.7 Å². The van der Waals surface area contributed by atoms with Crippen LogP contribution in [0.3, 0.4) is 0 Å². The standard InChI is InChI=1S/C21H23N3O6S/c1-13-20(14(2)24(22-13)15-9-7-6-8-10-15)31(26,27)23-17-12-19(29-4)18(28-3)11-16(17)21(25)30-5/h6-12,23H,1-5H3. The zero-order valence-corrected chi connectivity index (χ0v) is 18.6. The summed E-state index contributed by atoms with van der Waals surface area (Å²) in [6.07, 6.45) is 0. The molecule has 0 saturated heterocycles. The molecule has 3 rings (SSSR count). The molecule has 0 aliphatic heterocycles. The van der Waals surface area contributed by atoms with Crippen LogP contribution in [0.4, 0.5) is 5.69 Å². The van der Waals surface area contributed by atoms with Gasteiger partial charge < -0.3 is 14.2 Å². The molecule has 0 spiro atoms. The second kappa shape index (κ2) is 8.68. The summed E-state index contributed by atoms with van der Waals surface area (Å²) in [6.45, 7) is 3.27. The van der Waals surface area contributed by atoms with Crippen LogP contribution in [0.2, 0.25) is 0 Å². The number of hydrogen-bond acceptors (Lipinski definition) is 7. The molecule has 9 nitrogen and oxygen atoms in total. The molecular formula is C21H23N3O6S. The Morgan fingerprint density at radius 2 is 1.61 bits per heavy atom. The number of carbonyl (C=O) groups excluding carboxylic acids is 1. The molecule has 164 valence electrons. The van der Waals surface area contributed by atoms with Gasteiger partial charge in [-0.1, -0.05) is 18.2 Å². The van der Waals surface area contributed by atoms with Gasteiger partial charge in [0.15, 0.2) is 11.5 Å². The van der Waals surface area contributed by atoms with Gasteiger partial charge in [0, 0.05) is 12.1 Å². The molecule has 0 atom stereocenters. The number of sulfonamides is 1. The minimum absolute atomic E-state index is 0.00392. The first-order valence-corrected chi connectivity index (χ1v) is 10.7. The smallest absolute Gasteiger partial charge is 0.340 e. The highest BCUT2D eigenvalue weighted by atomic mass is 32.2. The highest BCUT2D eigenvalue weighted by Gasteiger charge is 2.28. The van der Waals surface area contributed by atoms with E-state index in [9.17, 15) is 13.2 Å². The summed E-state index contributed by atoms with van der Waals surface area (Å²) in [6, 6.07) is 11.9. The summed E-state index contributed by atoms with van der Waals surface area (Å²) in [5.74, 6) is -0.219. The third-order valence-corrected chi connectivity index (χ3v) is 6.28. The van der Waals surface area contributed by atoms with Crippen LogP contribution in [0.5, 0.6) is 11.5 Å². The maximum Gasteiger partial charge on any atom is 0.340 e. The Labute approximate surface area is 180 Å². The second-order valence-electron chi connectivity index (χ2n) is 6.60. The fourth-order valence-corrected chi connectivity index (χ4v) is 4.74. The number of aromatic nitrogens is 2. The molecule has 0 bridgehead atoms. The molecule has 31 heavy (non-hydrogen) atoms. The van der Waals surface area contributed by atoms with E-state index in [1.807, 2.05) is 30.3 Å². The number of esters is 1. The van der Waals surface area contributed by atoms with Crippen molar-refractivity contribution >= 4 is 21.7 Å². The van der Waals surface area contributed by atoms with Gasteiger partial charge in [0.1, 0.15) is 4.90 Å². The SMILES string of the molecule is COC(=O)c1cc(OC)c(OC)cc1NS(=O)(=O)c1c(C)nn(-c2ccccc2)c1C. The van der Waals surface area contributed by atoms with E-state index in [1.54, 1.807) is 18.5 Å². The number of rotatable bonds is 7. The van der Waals surface area contributed by atoms with Crippen molar-refractivity contribution in [2.75, 3.05) is 26.1 Å². The molecule has 0 aliphatic rings. The number of nitrogens with zero attached hydrogens (tertiary/aromatic N) is 2. The van der Waals surface area contributed by atoms with Gasteiger partial charge in [-0.25, -0.2) is 17.9 Å². The number of methoxy groups -OCH3 is 3. The minimum atomic E-state index is -4.11. The summed E-state index contributed by atoms with van der Waals surface area (Å²) in [7, 11) is -0.0852. The lowest BCUT2D eigenvalue weighted by molar-refractivity contribution is 0.0601. The fourth-order valence-electron chi connectivity index (χ4n) is 3.28. The van der Waals surface area contributed by atoms with E-state index in [4.69, 9.17) is 14.2 Å². The molecule has 0 unspecified atom stereocenters. The minimum Gasteiger partial charge on any atom is -0.493 e. The number of nitrogens with one attached hydrogen (secondary N) is 1. The molecule has 0 saturated carbocycles. The number of carbonyl (C=O) groups is 1. The van der Waals surface area contributed by atoms with Crippen molar-refractivity contribution in [3.8, 4) is 17.2 Å². The number of aryl methyl sites for hydroxylation is 1. The van der Waals surface area contributed by atoms with Gasteiger partial charge >= 0.3 is 5.97 Å². The third-order valence-electron chi connectivity index (χ3n) is 4.67. The Bertz CT molecular complexity index is 1220. The fraction of sp³-hybridized carbons (Fsp3) is 0.238. The van der Waals surface area contributed by atoms with Crippen LogP contribution in [-0.2, 0) is 14.8 Å². The Morgan fingerprint density at radius 1 is 1.00 bits per heavy atom. The topological polar surface area (TPSA) is 109 Å². The lowest BCUT2D eigenvalue weighted by atomic mass is 10.1. The molecule has 1 aromatic heterocycles. The van der Waals surface area contributed by atoms with Crippen molar-refractivity contribution in [3.05, 3.63) is 59.4 Å². The molecule has 0 fully saturated rings. The van der Waals surface area contributed by atoms with Crippen LogP contribution < -0.4 is 14.2 Å². The summed E-state index contributed by atoms with van der Waals surface area (Å²) < 4.78 is 45.9. The lowest BCUT2D eigenvalue weighted by Gasteiger charge is -2.15. The van der Waals surface area contributed by atoms with Gasteiger partial charge in [-0.3, -0.25) is 4.72 Å². The first-order valence-electron chi connectivity index (χ1n) is 9.22. The zero-order chi connectivity index (χ0) is 22.8. The quantitative estimate of drug-likeness (QED) is 0.557. The second-order valence-corrected chi connectivity index (χ2v) is 8.22. The van der Waals surface area contributed by atoms with E-state index >= 15 is 0 Å². The Balaban J connectivity index is 2.11. The van der Waals surface area contributed by atoms with Gasteiger partial charge in [-0.2, -0.15) is 5.10 Å². The molecule has 3 aromatic rings. The summed E-state index contributed by atoms with van der Waals surface area (Å²) in [5, 5.41) is 4.38. The van der Waals surface area contributed by atoms with Crippen molar-refractivity contribution in [3.63, 3.8) is 0 Å². The first kappa shape index (κ1) is 22.2. The monoisotopic (exact) mass is 445 g/mol. The van der Waals surface area contributed by atoms with Crippen LogP contribution in [0.1, 0.15) is 21.7 Å². The van der Waals surface area contributed by atoms with Crippen LogP contribution in [0.25, 0.3) is 5.69 Å².